The monoisotopic (exact) mass is 281 g/mol. The largest absolute Gasteiger partial charge is 0.345 e. The van der Waals surface area contributed by atoms with Crippen LogP contribution in [0.4, 0.5) is 0 Å². The van der Waals surface area contributed by atoms with Gasteiger partial charge in [0, 0.05) is 5.56 Å². The molecule has 0 saturated carbocycles. The van der Waals surface area contributed by atoms with Crippen LogP contribution in [0, 0.1) is 27.7 Å². The van der Waals surface area contributed by atoms with Gasteiger partial charge >= 0.3 is 0 Å². The van der Waals surface area contributed by atoms with Gasteiger partial charge in [0.15, 0.2) is 0 Å². The molecule has 2 rings (SSSR count). The molecule has 1 N–H and O–H groups in total. The molecule has 110 valence electrons. The quantitative estimate of drug-likeness (QED) is 0.887. The van der Waals surface area contributed by atoms with Crippen LogP contribution in [0.25, 0.3) is 0 Å². The maximum atomic E-state index is 12.5. The van der Waals surface area contributed by atoms with E-state index in [9.17, 15) is 4.79 Å². The van der Waals surface area contributed by atoms with Crippen LogP contribution >= 0.6 is 0 Å². The Morgan fingerprint density at radius 1 is 0.905 bits per heavy atom. The second kappa shape index (κ2) is 6.13. The summed E-state index contributed by atoms with van der Waals surface area (Å²) >= 11 is 0. The normalized spacial score (nSPS) is 12.0. The molecule has 2 aromatic carbocycles. The van der Waals surface area contributed by atoms with Crippen LogP contribution < -0.4 is 5.32 Å². The van der Waals surface area contributed by atoms with Gasteiger partial charge in [-0.15, -0.1) is 0 Å². The van der Waals surface area contributed by atoms with Gasteiger partial charge in [0.05, 0.1) is 6.04 Å². The number of aryl methyl sites for hydroxylation is 4. The van der Waals surface area contributed by atoms with Crippen molar-refractivity contribution in [1.82, 2.24) is 5.32 Å². The lowest BCUT2D eigenvalue weighted by Gasteiger charge is -2.18. The Balaban J connectivity index is 2.22. The lowest BCUT2D eigenvalue weighted by atomic mass is 9.99. The van der Waals surface area contributed by atoms with E-state index in [0.29, 0.717) is 0 Å². The molecule has 0 fully saturated rings. The van der Waals surface area contributed by atoms with Gasteiger partial charge in [-0.3, -0.25) is 4.79 Å². The number of nitrogens with one attached hydrogen (secondary N) is 1. The van der Waals surface area contributed by atoms with E-state index in [2.05, 4.69) is 37.4 Å². The van der Waals surface area contributed by atoms with Crippen molar-refractivity contribution in [2.45, 2.75) is 40.7 Å². The minimum absolute atomic E-state index is 0.000269. The molecule has 1 atom stereocenters. The van der Waals surface area contributed by atoms with Crippen LogP contribution in [-0.4, -0.2) is 5.91 Å². The summed E-state index contributed by atoms with van der Waals surface area (Å²) in [5, 5.41) is 3.10. The SMILES string of the molecule is Cc1cc(C)c(C(=O)N[C@H](C)c2ccccc2C)cc1C. The predicted octanol–water partition coefficient (Wildman–Crippen LogP) is 4.41. The lowest BCUT2D eigenvalue weighted by Crippen LogP contribution is -2.27. The third-order valence-electron chi connectivity index (χ3n) is 4.09. The van der Waals surface area contributed by atoms with Crippen molar-refractivity contribution in [3.63, 3.8) is 0 Å². The highest BCUT2D eigenvalue weighted by Crippen LogP contribution is 2.19. The van der Waals surface area contributed by atoms with Crippen molar-refractivity contribution in [1.29, 1.82) is 0 Å². The summed E-state index contributed by atoms with van der Waals surface area (Å²) in [4.78, 5) is 12.5. The van der Waals surface area contributed by atoms with Crippen LogP contribution in [0.2, 0.25) is 0 Å². The summed E-state index contributed by atoms with van der Waals surface area (Å²) in [6, 6.07) is 12.2. The van der Waals surface area contributed by atoms with Gasteiger partial charge in [0.1, 0.15) is 0 Å². The third-order valence-corrected chi connectivity index (χ3v) is 4.09. The molecule has 0 heterocycles. The molecule has 0 bridgehead atoms. The minimum atomic E-state index is -0.00801. The molecule has 0 saturated heterocycles. The van der Waals surface area contributed by atoms with E-state index in [1.807, 2.05) is 39.0 Å². The molecule has 0 radical (unpaired) electrons. The number of hydrogen-bond donors (Lipinski definition) is 1. The standard InChI is InChI=1S/C19H23NO/c1-12-8-6-7-9-17(12)16(5)20-19(21)18-11-14(3)13(2)10-15(18)4/h6-11,16H,1-5H3,(H,20,21)/t16-/m1/s1. The average Bonchev–Trinajstić information content (AvgIpc) is 2.43. The van der Waals surface area contributed by atoms with Crippen molar-refractivity contribution < 1.29 is 4.79 Å². The third kappa shape index (κ3) is 3.33. The lowest BCUT2D eigenvalue weighted by molar-refractivity contribution is 0.0939. The minimum Gasteiger partial charge on any atom is -0.345 e. The number of hydrogen-bond acceptors (Lipinski definition) is 1. The molecular formula is C19H23NO. The van der Waals surface area contributed by atoms with E-state index in [0.717, 1.165) is 22.3 Å². The first-order valence-electron chi connectivity index (χ1n) is 7.34. The molecule has 0 aliphatic rings. The first-order valence-corrected chi connectivity index (χ1v) is 7.34. The van der Waals surface area contributed by atoms with Crippen LogP contribution in [-0.2, 0) is 0 Å². The Morgan fingerprint density at radius 2 is 1.52 bits per heavy atom. The van der Waals surface area contributed by atoms with Gasteiger partial charge < -0.3 is 5.32 Å². The number of amides is 1. The molecule has 21 heavy (non-hydrogen) atoms. The molecule has 0 aliphatic heterocycles. The Hall–Kier alpha value is -2.09. The van der Waals surface area contributed by atoms with Gasteiger partial charge in [-0.05, 0) is 68.5 Å². The first kappa shape index (κ1) is 15.3. The average molecular weight is 281 g/mol. The van der Waals surface area contributed by atoms with E-state index in [1.54, 1.807) is 0 Å². The predicted molar refractivity (Wildman–Crippen MR) is 87.7 cm³/mol. The zero-order valence-corrected chi connectivity index (χ0v) is 13.4. The van der Waals surface area contributed by atoms with E-state index >= 15 is 0 Å². The highest BCUT2D eigenvalue weighted by molar-refractivity contribution is 5.96. The molecular weight excluding hydrogens is 258 g/mol. The van der Waals surface area contributed by atoms with E-state index in [-0.39, 0.29) is 11.9 Å². The van der Waals surface area contributed by atoms with E-state index in [1.165, 1.54) is 11.1 Å². The summed E-state index contributed by atoms with van der Waals surface area (Å²) in [5.74, 6) is -0.00801. The second-order valence-corrected chi connectivity index (χ2v) is 5.80. The fraction of sp³-hybridized carbons (Fsp3) is 0.316. The molecule has 0 unspecified atom stereocenters. The number of carbonyl (C=O) groups excluding carboxylic acids is 1. The van der Waals surface area contributed by atoms with Gasteiger partial charge in [-0.2, -0.15) is 0 Å². The van der Waals surface area contributed by atoms with Crippen molar-refractivity contribution in [2.24, 2.45) is 0 Å². The van der Waals surface area contributed by atoms with Gasteiger partial charge in [0.2, 0.25) is 0 Å². The number of carbonyl (C=O) groups is 1. The maximum Gasteiger partial charge on any atom is 0.252 e. The topological polar surface area (TPSA) is 29.1 Å². The Kier molecular flexibility index (Phi) is 4.46. The van der Waals surface area contributed by atoms with Crippen LogP contribution in [0.5, 0.6) is 0 Å². The van der Waals surface area contributed by atoms with Crippen molar-refractivity contribution in [3.8, 4) is 0 Å². The van der Waals surface area contributed by atoms with Crippen molar-refractivity contribution in [3.05, 3.63) is 69.8 Å². The van der Waals surface area contributed by atoms with Crippen LogP contribution in [0.1, 0.15) is 51.1 Å². The first-order chi connectivity index (χ1) is 9.90. The summed E-state index contributed by atoms with van der Waals surface area (Å²) in [6.45, 7) is 10.2. The van der Waals surface area contributed by atoms with Gasteiger partial charge in [0.25, 0.3) is 5.91 Å². The maximum absolute atomic E-state index is 12.5. The molecule has 0 aliphatic carbocycles. The Morgan fingerprint density at radius 3 is 2.19 bits per heavy atom. The summed E-state index contributed by atoms with van der Waals surface area (Å²) in [7, 11) is 0. The fourth-order valence-electron chi connectivity index (χ4n) is 2.63. The van der Waals surface area contributed by atoms with Crippen LogP contribution in [0.15, 0.2) is 36.4 Å². The molecule has 1 amide bonds. The van der Waals surface area contributed by atoms with E-state index in [4.69, 9.17) is 0 Å². The molecule has 0 spiro atoms. The van der Waals surface area contributed by atoms with Crippen molar-refractivity contribution >= 4 is 5.91 Å². The summed E-state index contributed by atoms with van der Waals surface area (Å²) < 4.78 is 0. The molecule has 2 heteroatoms. The number of benzene rings is 2. The van der Waals surface area contributed by atoms with Gasteiger partial charge in [-0.25, -0.2) is 0 Å². The fourth-order valence-corrected chi connectivity index (χ4v) is 2.63. The van der Waals surface area contributed by atoms with Crippen LogP contribution in [0.3, 0.4) is 0 Å². The van der Waals surface area contributed by atoms with Crippen molar-refractivity contribution in [2.75, 3.05) is 0 Å². The zero-order valence-electron chi connectivity index (χ0n) is 13.4. The molecule has 2 nitrogen and oxygen atoms in total. The molecule has 0 aromatic heterocycles. The summed E-state index contributed by atoms with van der Waals surface area (Å²) in [5.41, 5.74) is 6.51. The second-order valence-electron chi connectivity index (χ2n) is 5.80. The highest BCUT2D eigenvalue weighted by atomic mass is 16.1. The Bertz CT molecular complexity index is 673. The molecule has 2 aromatic rings. The number of rotatable bonds is 3. The zero-order chi connectivity index (χ0) is 15.6. The van der Waals surface area contributed by atoms with E-state index < -0.39 is 0 Å². The summed E-state index contributed by atoms with van der Waals surface area (Å²) in [6.07, 6.45) is 0. The highest BCUT2D eigenvalue weighted by Gasteiger charge is 2.15. The Labute approximate surface area is 127 Å². The smallest absolute Gasteiger partial charge is 0.252 e. The van der Waals surface area contributed by atoms with Gasteiger partial charge in [-0.1, -0.05) is 30.3 Å².